The third kappa shape index (κ3) is 2.47. The summed E-state index contributed by atoms with van der Waals surface area (Å²) in [4.78, 5) is 0. The maximum atomic E-state index is 6.31. The minimum atomic E-state index is -0.523. The van der Waals surface area contributed by atoms with E-state index >= 15 is 0 Å². The van der Waals surface area contributed by atoms with Crippen LogP contribution in [0.3, 0.4) is 0 Å². The van der Waals surface area contributed by atoms with Crippen LogP contribution in [0.15, 0.2) is 58.7 Å². The molecule has 0 radical (unpaired) electrons. The quantitative estimate of drug-likeness (QED) is 0.859. The normalized spacial score (nSPS) is 27.4. The molecule has 2 aromatic carbocycles. The van der Waals surface area contributed by atoms with Crippen LogP contribution in [0.1, 0.15) is 37.8 Å². The topological polar surface area (TPSA) is 67.2 Å². The standard InChI is InChI=1S/C22H24N4O2/c1-3-21(13-15-9-5-7-11-17(15)27-21)19-23-25-20(26-24-19)22(4-2)14-16-10-6-8-12-18(16)28-22/h5-12H,3-4,13-14H2,1-2H3,(H,23,24)(H,25,26). The van der Waals surface area contributed by atoms with Gasteiger partial charge in [-0.3, -0.25) is 10.9 Å². The lowest BCUT2D eigenvalue weighted by Crippen LogP contribution is -2.57. The van der Waals surface area contributed by atoms with E-state index < -0.39 is 11.2 Å². The molecule has 0 amide bonds. The van der Waals surface area contributed by atoms with Crippen molar-refractivity contribution in [1.29, 1.82) is 0 Å². The second-order valence-corrected chi connectivity index (χ2v) is 7.61. The molecule has 0 spiro atoms. The summed E-state index contributed by atoms with van der Waals surface area (Å²) in [5, 5.41) is 9.28. The maximum absolute atomic E-state index is 6.31. The summed E-state index contributed by atoms with van der Waals surface area (Å²) in [5.41, 5.74) is 7.69. The second-order valence-electron chi connectivity index (χ2n) is 7.61. The number of ether oxygens (including phenoxy) is 2. The van der Waals surface area contributed by atoms with Crippen LogP contribution < -0.4 is 20.3 Å². The molecule has 0 bridgehead atoms. The third-order valence-corrected chi connectivity index (χ3v) is 6.06. The van der Waals surface area contributed by atoms with Gasteiger partial charge in [-0.2, -0.15) is 10.2 Å². The van der Waals surface area contributed by atoms with Gasteiger partial charge in [0.1, 0.15) is 11.5 Å². The van der Waals surface area contributed by atoms with Gasteiger partial charge in [-0.05, 0) is 36.1 Å². The summed E-state index contributed by atoms with van der Waals surface area (Å²) in [5.74, 6) is 3.25. The molecule has 0 aromatic heterocycles. The maximum Gasteiger partial charge on any atom is 0.187 e. The van der Waals surface area contributed by atoms with Crippen LogP contribution >= 0.6 is 0 Å². The van der Waals surface area contributed by atoms with E-state index in [9.17, 15) is 0 Å². The van der Waals surface area contributed by atoms with E-state index in [0.717, 1.165) is 37.2 Å². The smallest absolute Gasteiger partial charge is 0.187 e. The minimum absolute atomic E-state index is 0.523. The molecule has 5 rings (SSSR count). The summed E-state index contributed by atoms with van der Waals surface area (Å²) < 4.78 is 12.6. The second kappa shape index (κ2) is 6.26. The average molecular weight is 376 g/mol. The molecule has 2 N–H and O–H groups in total. The predicted octanol–water partition coefficient (Wildman–Crippen LogP) is 3.37. The number of hydrogen-bond donors (Lipinski definition) is 2. The SMILES string of the molecule is CCC1(C2=NNC(C3(CC)Cc4ccccc4O3)=NN2)Cc2ccccc2O1. The van der Waals surface area contributed by atoms with Crippen molar-refractivity contribution in [2.24, 2.45) is 10.2 Å². The molecule has 6 nitrogen and oxygen atoms in total. The van der Waals surface area contributed by atoms with Crippen LogP contribution in [-0.4, -0.2) is 22.9 Å². The molecule has 0 saturated carbocycles. The Kier molecular flexibility index (Phi) is 3.82. The molecule has 6 heteroatoms. The highest BCUT2D eigenvalue weighted by Crippen LogP contribution is 2.39. The monoisotopic (exact) mass is 376 g/mol. The number of fused-ring (bicyclic) bond motifs is 2. The van der Waals surface area contributed by atoms with Gasteiger partial charge in [0.05, 0.1) is 0 Å². The Morgan fingerprint density at radius 2 is 1.18 bits per heavy atom. The molecule has 2 aromatic rings. The van der Waals surface area contributed by atoms with E-state index in [1.54, 1.807) is 0 Å². The highest BCUT2D eigenvalue weighted by atomic mass is 16.5. The molecule has 3 aliphatic heterocycles. The number of hydrazone groups is 2. The lowest BCUT2D eigenvalue weighted by molar-refractivity contribution is 0.152. The first-order chi connectivity index (χ1) is 13.7. The predicted molar refractivity (Wildman–Crippen MR) is 109 cm³/mol. The fourth-order valence-electron chi connectivity index (χ4n) is 4.28. The fraction of sp³-hybridized carbons (Fsp3) is 0.364. The van der Waals surface area contributed by atoms with Gasteiger partial charge in [0.2, 0.25) is 0 Å². The molecule has 2 unspecified atom stereocenters. The summed E-state index contributed by atoms with van der Waals surface area (Å²) in [6, 6.07) is 16.3. The number of para-hydroxylation sites is 2. The third-order valence-electron chi connectivity index (χ3n) is 6.06. The number of nitrogens with zero attached hydrogens (tertiary/aromatic N) is 2. The van der Waals surface area contributed by atoms with Gasteiger partial charge in [0.15, 0.2) is 22.9 Å². The summed E-state index contributed by atoms with van der Waals surface area (Å²) in [6.45, 7) is 4.22. The van der Waals surface area contributed by atoms with Crippen molar-refractivity contribution >= 4 is 11.7 Å². The molecular formula is C22H24N4O2. The van der Waals surface area contributed by atoms with E-state index in [4.69, 9.17) is 9.47 Å². The number of benzene rings is 2. The van der Waals surface area contributed by atoms with Crippen molar-refractivity contribution in [3.05, 3.63) is 59.7 Å². The van der Waals surface area contributed by atoms with Crippen LogP contribution in [-0.2, 0) is 12.8 Å². The number of nitrogens with one attached hydrogen (secondary N) is 2. The molecule has 144 valence electrons. The van der Waals surface area contributed by atoms with E-state index in [-0.39, 0.29) is 0 Å². The van der Waals surface area contributed by atoms with Crippen molar-refractivity contribution in [3.8, 4) is 11.5 Å². The van der Waals surface area contributed by atoms with Crippen LogP contribution in [0.2, 0.25) is 0 Å². The lowest BCUT2D eigenvalue weighted by atomic mass is 9.92. The Balaban J connectivity index is 1.38. The Morgan fingerprint density at radius 1 is 0.750 bits per heavy atom. The zero-order valence-corrected chi connectivity index (χ0v) is 16.2. The summed E-state index contributed by atoms with van der Waals surface area (Å²) in [6.07, 6.45) is 3.14. The van der Waals surface area contributed by atoms with Crippen LogP contribution in [0.25, 0.3) is 0 Å². The molecule has 2 atom stereocenters. The van der Waals surface area contributed by atoms with Gasteiger partial charge in [-0.1, -0.05) is 50.2 Å². The van der Waals surface area contributed by atoms with Gasteiger partial charge >= 0.3 is 0 Å². The van der Waals surface area contributed by atoms with Crippen molar-refractivity contribution in [1.82, 2.24) is 10.9 Å². The van der Waals surface area contributed by atoms with Gasteiger partial charge in [-0.25, -0.2) is 0 Å². The van der Waals surface area contributed by atoms with E-state index in [2.05, 4.69) is 47.0 Å². The van der Waals surface area contributed by atoms with Gasteiger partial charge < -0.3 is 9.47 Å². The molecule has 3 heterocycles. The molecule has 0 aliphatic carbocycles. The first-order valence-corrected chi connectivity index (χ1v) is 9.90. The zero-order valence-electron chi connectivity index (χ0n) is 16.2. The lowest BCUT2D eigenvalue weighted by Gasteiger charge is -2.34. The van der Waals surface area contributed by atoms with Crippen molar-refractivity contribution in [2.45, 2.75) is 50.7 Å². The number of amidine groups is 2. The van der Waals surface area contributed by atoms with E-state index in [1.165, 1.54) is 11.1 Å². The average Bonchev–Trinajstić information content (AvgIpc) is 3.33. The molecule has 0 saturated heterocycles. The molecule has 0 fully saturated rings. The highest BCUT2D eigenvalue weighted by Gasteiger charge is 2.47. The summed E-state index contributed by atoms with van der Waals surface area (Å²) >= 11 is 0. The molecule has 28 heavy (non-hydrogen) atoms. The first-order valence-electron chi connectivity index (χ1n) is 9.90. The van der Waals surface area contributed by atoms with Gasteiger partial charge in [-0.15, -0.1) is 0 Å². The molecule has 3 aliphatic rings. The van der Waals surface area contributed by atoms with E-state index in [1.807, 2.05) is 36.4 Å². The Bertz CT molecular complexity index is 853. The van der Waals surface area contributed by atoms with Crippen molar-refractivity contribution < 1.29 is 9.47 Å². The first kappa shape index (κ1) is 17.1. The van der Waals surface area contributed by atoms with Crippen molar-refractivity contribution in [2.75, 3.05) is 0 Å². The van der Waals surface area contributed by atoms with Crippen molar-refractivity contribution in [3.63, 3.8) is 0 Å². The van der Waals surface area contributed by atoms with Crippen LogP contribution in [0, 0.1) is 0 Å². The Labute approximate surface area is 164 Å². The minimum Gasteiger partial charge on any atom is -0.479 e. The van der Waals surface area contributed by atoms with Crippen LogP contribution in [0.4, 0.5) is 0 Å². The van der Waals surface area contributed by atoms with E-state index in [0.29, 0.717) is 11.7 Å². The number of hydrogen-bond acceptors (Lipinski definition) is 6. The Morgan fingerprint density at radius 3 is 1.54 bits per heavy atom. The summed E-state index contributed by atoms with van der Waals surface area (Å²) in [7, 11) is 0. The highest BCUT2D eigenvalue weighted by molar-refractivity contribution is 5.99. The van der Waals surface area contributed by atoms with Crippen LogP contribution in [0.5, 0.6) is 11.5 Å². The zero-order chi connectivity index (χ0) is 19.2. The largest absolute Gasteiger partial charge is 0.479 e. The van der Waals surface area contributed by atoms with Gasteiger partial charge in [0, 0.05) is 12.8 Å². The van der Waals surface area contributed by atoms with Gasteiger partial charge in [0.25, 0.3) is 0 Å². The number of rotatable bonds is 4. The Hall–Kier alpha value is -3.02. The molecular weight excluding hydrogens is 352 g/mol. The fourth-order valence-corrected chi connectivity index (χ4v) is 4.28.